The Bertz CT molecular complexity index is 952. The van der Waals surface area contributed by atoms with Crippen molar-refractivity contribution in [3.05, 3.63) is 71.4 Å². The second-order valence-corrected chi connectivity index (χ2v) is 7.05. The molecule has 2 aromatic carbocycles. The number of alkyl halides is 3. The molecule has 0 bridgehead atoms. The third kappa shape index (κ3) is 5.72. The minimum absolute atomic E-state index is 0.0920. The van der Waals surface area contributed by atoms with Crippen LogP contribution in [0.25, 0.3) is 0 Å². The van der Waals surface area contributed by atoms with Crippen molar-refractivity contribution in [2.24, 2.45) is 0 Å². The molecule has 0 saturated heterocycles. The Morgan fingerprint density at radius 2 is 1.43 bits per heavy atom. The Labute approximate surface area is 174 Å². The van der Waals surface area contributed by atoms with Crippen molar-refractivity contribution in [3.8, 4) is 0 Å². The first-order chi connectivity index (χ1) is 14.4. The van der Waals surface area contributed by atoms with Gasteiger partial charge in [-0.3, -0.25) is 0 Å². The highest BCUT2D eigenvalue weighted by atomic mass is 19.4. The summed E-state index contributed by atoms with van der Waals surface area (Å²) in [6.45, 7) is 4.17. The fourth-order valence-corrected chi connectivity index (χ4v) is 2.97. The lowest BCUT2D eigenvalue weighted by Gasteiger charge is -2.15. The molecule has 7 heteroatoms. The third-order valence-electron chi connectivity index (χ3n) is 4.75. The lowest BCUT2D eigenvalue weighted by Crippen LogP contribution is -2.12. The van der Waals surface area contributed by atoms with Gasteiger partial charge >= 0.3 is 6.18 Å². The molecule has 2 N–H and O–H groups in total. The number of benzene rings is 2. The molecule has 0 radical (unpaired) electrons. The van der Waals surface area contributed by atoms with E-state index in [9.17, 15) is 13.2 Å². The Morgan fingerprint density at radius 3 is 2.00 bits per heavy atom. The second-order valence-electron chi connectivity index (χ2n) is 7.05. The van der Waals surface area contributed by atoms with Crippen LogP contribution in [0.2, 0.25) is 0 Å². The number of rotatable bonds is 8. The van der Waals surface area contributed by atoms with Crippen LogP contribution in [0.5, 0.6) is 0 Å². The van der Waals surface area contributed by atoms with Crippen LogP contribution in [-0.2, 0) is 19.0 Å². The van der Waals surface area contributed by atoms with Crippen LogP contribution < -0.4 is 10.6 Å². The molecule has 1 heterocycles. The molecule has 4 nitrogen and oxygen atoms in total. The van der Waals surface area contributed by atoms with Gasteiger partial charge in [0.25, 0.3) is 0 Å². The number of halogens is 3. The number of aryl methyl sites for hydroxylation is 2. The molecule has 0 fully saturated rings. The summed E-state index contributed by atoms with van der Waals surface area (Å²) in [4.78, 5) is 7.94. The molecular weight excluding hydrogens is 389 g/mol. The molecular formula is C23H25F3N4. The van der Waals surface area contributed by atoms with Crippen LogP contribution in [0.3, 0.4) is 0 Å². The number of hydrogen-bond donors (Lipinski definition) is 2. The molecule has 3 rings (SSSR count). The van der Waals surface area contributed by atoms with Crippen molar-refractivity contribution in [1.29, 1.82) is 0 Å². The van der Waals surface area contributed by atoms with Crippen molar-refractivity contribution >= 4 is 23.1 Å². The van der Waals surface area contributed by atoms with E-state index in [0.29, 0.717) is 11.4 Å². The van der Waals surface area contributed by atoms with Crippen molar-refractivity contribution in [2.45, 2.75) is 45.7 Å². The zero-order valence-electron chi connectivity index (χ0n) is 17.1. The molecule has 0 unspecified atom stereocenters. The average Bonchev–Trinajstić information content (AvgIpc) is 2.73. The normalized spacial score (nSPS) is 11.4. The maximum Gasteiger partial charge on any atom is 0.421 e. The number of unbranched alkanes of at least 4 members (excludes halogenated alkanes) is 1. The fourth-order valence-electron chi connectivity index (χ4n) is 2.97. The zero-order valence-corrected chi connectivity index (χ0v) is 17.1. The molecule has 158 valence electrons. The first-order valence-corrected chi connectivity index (χ1v) is 10.0. The highest BCUT2D eigenvalue weighted by molar-refractivity contribution is 5.63. The van der Waals surface area contributed by atoms with Gasteiger partial charge < -0.3 is 10.6 Å². The van der Waals surface area contributed by atoms with Gasteiger partial charge in [0.1, 0.15) is 11.4 Å². The summed E-state index contributed by atoms with van der Waals surface area (Å²) in [5.41, 5.74) is 2.65. The molecule has 3 aromatic rings. The molecule has 0 aliphatic carbocycles. The standard InChI is InChI=1S/C23H25F3N4/c1-3-5-6-17-9-13-18(14-10-17)28-21-20(23(24,25)26)15-27-22(30-21)29-19-11-7-16(4-2)8-12-19/h7-15H,3-6H2,1-2H3,(H2,27,28,29,30). The molecule has 0 aliphatic rings. The SMILES string of the molecule is CCCCc1ccc(Nc2nc(Nc3ccc(CC)cc3)ncc2C(F)(F)F)cc1. The lowest BCUT2D eigenvalue weighted by molar-refractivity contribution is -0.137. The van der Waals surface area contributed by atoms with Gasteiger partial charge in [-0.2, -0.15) is 18.2 Å². The number of hydrogen-bond acceptors (Lipinski definition) is 4. The predicted molar refractivity (Wildman–Crippen MR) is 114 cm³/mol. The molecule has 0 aliphatic heterocycles. The van der Waals surface area contributed by atoms with E-state index >= 15 is 0 Å². The Kier molecular flexibility index (Phi) is 6.92. The smallest absolute Gasteiger partial charge is 0.340 e. The van der Waals surface area contributed by atoms with Gasteiger partial charge in [-0.15, -0.1) is 0 Å². The minimum atomic E-state index is -4.56. The summed E-state index contributed by atoms with van der Waals surface area (Å²) in [5, 5.41) is 5.76. The number of nitrogens with zero attached hydrogens (tertiary/aromatic N) is 2. The van der Waals surface area contributed by atoms with E-state index < -0.39 is 11.7 Å². The van der Waals surface area contributed by atoms with Gasteiger partial charge in [0.05, 0.1) is 0 Å². The molecule has 0 spiro atoms. The topological polar surface area (TPSA) is 49.8 Å². The molecule has 1 aromatic heterocycles. The summed E-state index contributed by atoms with van der Waals surface area (Å²) in [5.74, 6) is -0.194. The van der Waals surface area contributed by atoms with Crippen LogP contribution in [0, 0.1) is 0 Å². The first kappa shape index (κ1) is 21.6. The fraction of sp³-hybridized carbons (Fsp3) is 0.304. The number of aromatic nitrogens is 2. The zero-order chi connectivity index (χ0) is 21.6. The molecule has 30 heavy (non-hydrogen) atoms. The van der Waals surface area contributed by atoms with E-state index in [1.807, 2.05) is 36.4 Å². The maximum atomic E-state index is 13.5. The van der Waals surface area contributed by atoms with E-state index in [-0.39, 0.29) is 11.8 Å². The Morgan fingerprint density at radius 1 is 0.833 bits per heavy atom. The summed E-state index contributed by atoms with van der Waals surface area (Å²) in [6, 6.07) is 15.0. The largest absolute Gasteiger partial charge is 0.421 e. The van der Waals surface area contributed by atoms with Gasteiger partial charge in [0.2, 0.25) is 5.95 Å². The highest BCUT2D eigenvalue weighted by Gasteiger charge is 2.35. The second kappa shape index (κ2) is 9.61. The summed E-state index contributed by atoms with van der Waals surface area (Å²) >= 11 is 0. The molecule has 0 saturated carbocycles. The van der Waals surface area contributed by atoms with E-state index in [0.717, 1.165) is 37.4 Å². The summed E-state index contributed by atoms with van der Waals surface area (Å²) in [7, 11) is 0. The number of anilines is 4. The van der Waals surface area contributed by atoms with Gasteiger partial charge in [-0.1, -0.05) is 44.5 Å². The van der Waals surface area contributed by atoms with Crippen LogP contribution in [0.15, 0.2) is 54.7 Å². The lowest BCUT2D eigenvalue weighted by atomic mass is 10.1. The van der Waals surface area contributed by atoms with Crippen LogP contribution in [0.4, 0.5) is 36.3 Å². The van der Waals surface area contributed by atoms with Crippen molar-refractivity contribution in [1.82, 2.24) is 9.97 Å². The van der Waals surface area contributed by atoms with E-state index in [1.165, 1.54) is 5.56 Å². The van der Waals surface area contributed by atoms with Crippen molar-refractivity contribution in [3.63, 3.8) is 0 Å². The minimum Gasteiger partial charge on any atom is -0.340 e. The third-order valence-corrected chi connectivity index (χ3v) is 4.75. The van der Waals surface area contributed by atoms with E-state index in [4.69, 9.17) is 0 Å². The van der Waals surface area contributed by atoms with Crippen molar-refractivity contribution in [2.75, 3.05) is 10.6 Å². The van der Waals surface area contributed by atoms with Crippen molar-refractivity contribution < 1.29 is 13.2 Å². The quantitative estimate of drug-likeness (QED) is 0.421. The monoisotopic (exact) mass is 414 g/mol. The van der Waals surface area contributed by atoms with Crippen LogP contribution in [-0.4, -0.2) is 9.97 Å². The van der Waals surface area contributed by atoms with Gasteiger partial charge in [0.15, 0.2) is 0 Å². The van der Waals surface area contributed by atoms with Crippen LogP contribution >= 0.6 is 0 Å². The first-order valence-electron chi connectivity index (χ1n) is 10.0. The average molecular weight is 414 g/mol. The maximum absolute atomic E-state index is 13.5. The number of nitrogens with one attached hydrogen (secondary N) is 2. The van der Waals surface area contributed by atoms with Gasteiger partial charge in [-0.25, -0.2) is 4.98 Å². The summed E-state index contributed by atoms with van der Waals surface area (Å²) in [6.07, 6.45) is 0.252. The van der Waals surface area contributed by atoms with E-state index in [2.05, 4.69) is 34.4 Å². The highest BCUT2D eigenvalue weighted by Crippen LogP contribution is 2.35. The summed E-state index contributed by atoms with van der Waals surface area (Å²) < 4.78 is 40.4. The Balaban J connectivity index is 1.83. The van der Waals surface area contributed by atoms with Gasteiger partial charge in [0, 0.05) is 17.6 Å². The van der Waals surface area contributed by atoms with Gasteiger partial charge in [-0.05, 0) is 54.7 Å². The van der Waals surface area contributed by atoms with E-state index in [1.54, 1.807) is 12.1 Å². The molecule has 0 atom stereocenters. The van der Waals surface area contributed by atoms with Crippen LogP contribution in [0.1, 0.15) is 43.4 Å². The molecule has 0 amide bonds. The predicted octanol–water partition coefficient (Wildman–Crippen LogP) is 6.89. The Hall–Kier alpha value is -3.09.